The van der Waals surface area contributed by atoms with Gasteiger partial charge in [0.05, 0.1) is 15.6 Å². The third-order valence-corrected chi connectivity index (χ3v) is 3.48. The van der Waals surface area contributed by atoms with Gasteiger partial charge in [-0.2, -0.15) is 0 Å². The van der Waals surface area contributed by atoms with E-state index in [0.717, 1.165) is 5.56 Å². The first-order chi connectivity index (χ1) is 9.47. The molecule has 2 aromatic carbocycles. The Bertz CT molecular complexity index is 630. The van der Waals surface area contributed by atoms with Crippen LogP contribution in [0.4, 0.5) is 11.4 Å². The maximum Gasteiger partial charge on any atom is 0.271 e. The number of nitro benzene ring substituents is 1. The summed E-state index contributed by atoms with van der Waals surface area (Å²) in [6, 6.07) is 11.6. The number of nitrogens with zero attached hydrogens (tertiary/aromatic N) is 1. The fourth-order valence-electron chi connectivity index (χ4n) is 1.81. The van der Waals surface area contributed by atoms with Crippen LogP contribution in [-0.2, 0) is 0 Å². The normalized spacial score (nSPS) is 11.9. The second-order valence-electron chi connectivity index (χ2n) is 4.34. The predicted octanol–water partition coefficient (Wildman–Crippen LogP) is 5.07. The van der Waals surface area contributed by atoms with Gasteiger partial charge >= 0.3 is 0 Å². The van der Waals surface area contributed by atoms with E-state index in [1.165, 1.54) is 18.2 Å². The molecule has 0 aliphatic heterocycles. The summed E-state index contributed by atoms with van der Waals surface area (Å²) in [6.07, 6.45) is 0. The monoisotopic (exact) mass is 310 g/mol. The molecule has 1 unspecified atom stereocenters. The van der Waals surface area contributed by atoms with Gasteiger partial charge in [-0.3, -0.25) is 10.1 Å². The molecule has 2 rings (SSSR count). The van der Waals surface area contributed by atoms with Gasteiger partial charge in [-0.1, -0.05) is 35.3 Å². The SMILES string of the molecule is CC(Nc1cc([N+](=O)[O-])ccc1Cl)c1ccc(Cl)cc1. The highest BCUT2D eigenvalue weighted by Crippen LogP contribution is 2.30. The molecule has 0 spiro atoms. The van der Waals surface area contributed by atoms with E-state index >= 15 is 0 Å². The minimum atomic E-state index is -0.450. The van der Waals surface area contributed by atoms with E-state index < -0.39 is 4.92 Å². The van der Waals surface area contributed by atoms with Crippen molar-refractivity contribution in [2.75, 3.05) is 5.32 Å². The quantitative estimate of drug-likeness (QED) is 0.633. The lowest BCUT2D eigenvalue weighted by atomic mass is 10.1. The summed E-state index contributed by atoms with van der Waals surface area (Å²) in [5.41, 5.74) is 1.54. The number of benzene rings is 2. The molecule has 1 atom stereocenters. The number of non-ortho nitro benzene ring substituents is 1. The van der Waals surface area contributed by atoms with Crippen molar-refractivity contribution in [1.82, 2.24) is 0 Å². The first-order valence-corrected chi connectivity index (χ1v) is 6.69. The Morgan fingerprint density at radius 3 is 2.40 bits per heavy atom. The summed E-state index contributed by atoms with van der Waals surface area (Å²) in [4.78, 5) is 10.3. The zero-order valence-corrected chi connectivity index (χ0v) is 12.2. The summed E-state index contributed by atoms with van der Waals surface area (Å²) < 4.78 is 0. The van der Waals surface area contributed by atoms with Crippen molar-refractivity contribution in [3.63, 3.8) is 0 Å². The van der Waals surface area contributed by atoms with Crippen LogP contribution >= 0.6 is 23.2 Å². The number of nitro groups is 1. The zero-order valence-electron chi connectivity index (χ0n) is 10.6. The minimum absolute atomic E-state index is 0.000191. The summed E-state index contributed by atoms with van der Waals surface area (Å²) in [5, 5.41) is 15.0. The van der Waals surface area contributed by atoms with Crippen LogP contribution in [0.2, 0.25) is 10.0 Å². The van der Waals surface area contributed by atoms with Crippen LogP contribution in [0.5, 0.6) is 0 Å². The average molecular weight is 311 g/mol. The molecular weight excluding hydrogens is 299 g/mol. The molecule has 0 aliphatic carbocycles. The van der Waals surface area contributed by atoms with Crippen LogP contribution in [0.15, 0.2) is 42.5 Å². The summed E-state index contributed by atoms with van der Waals surface area (Å²) in [6.45, 7) is 1.94. The molecular formula is C14H12Cl2N2O2. The van der Waals surface area contributed by atoms with E-state index in [9.17, 15) is 10.1 Å². The largest absolute Gasteiger partial charge is 0.377 e. The second-order valence-corrected chi connectivity index (χ2v) is 5.18. The molecule has 0 radical (unpaired) electrons. The molecule has 0 heterocycles. The average Bonchev–Trinajstić information content (AvgIpc) is 2.41. The summed E-state index contributed by atoms with van der Waals surface area (Å²) in [5.74, 6) is 0. The molecule has 2 aromatic rings. The Balaban J connectivity index is 2.22. The topological polar surface area (TPSA) is 55.2 Å². The molecule has 104 valence electrons. The van der Waals surface area contributed by atoms with E-state index in [-0.39, 0.29) is 11.7 Å². The van der Waals surface area contributed by atoms with Gasteiger partial charge in [0.15, 0.2) is 0 Å². The van der Waals surface area contributed by atoms with Crippen LogP contribution < -0.4 is 5.32 Å². The van der Waals surface area contributed by atoms with E-state index in [2.05, 4.69) is 5.32 Å². The second kappa shape index (κ2) is 6.11. The summed E-state index contributed by atoms with van der Waals surface area (Å²) in [7, 11) is 0. The van der Waals surface area contributed by atoms with Crippen molar-refractivity contribution in [1.29, 1.82) is 0 Å². The number of hydrogen-bond donors (Lipinski definition) is 1. The highest BCUT2D eigenvalue weighted by atomic mass is 35.5. The maximum atomic E-state index is 10.8. The lowest BCUT2D eigenvalue weighted by molar-refractivity contribution is -0.384. The molecule has 6 heteroatoms. The third-order valence-electron chi connectivity index (χ3n) is 2.90. The first-order valence-electron chi connectivity index (χ1n) is 5.93. The van der Waals surface area contributed by atoms with Crippen molar-refractivity contribution in [2.24, 2.45) is 0 Å². The lowest BCUT2D eigenvalue weighted by Crippen LogP contribution is -2.07. The van der Waals surface area contributed by atoms with Crippen LogP contribution in [-0.4, -0.2) is 4.92 Å². The van der Waals surface area contributed by atoms with Gasteiger partial charge in [0.2, 0.25) is 0 Å². The van der Waals surface area contributed by atoms with E-state index in [1.54, 1.807) is 12.1 Å². The van der Waals surface area contributed by atoms with Gasteiger partial charge in [0.1, 0.15) is 0 Å². The van der Waals surface area contributed by atoms with E-state index in [0.29, 0.717) is 15.7 Å². The highest BCUT2D eigenvalue weighted by molar-refractivity contribution is 6.33. The standard InChI is InChI=1S/C14H12Cl2N2O2/c1-9(10-2-4-11(15)5-3-10)17-14-8-12(18(19)20)6-7-13(14)16/h2-9,17H,1H3. The molecule has 0 bridgehead atoms. The highest BCUT2D eigenvalue weighted by Gasteiger charge is 2.12. The van der Waals surface area contributed by atoms with Crippen molar-refractivity contribution >= 4 is 34.6 Å². The first kappa shape index (κ1) is 14.6. The molecule has 0 fully saturated rings. The lowest BCUT2D eigenvalue weighted by Gasteiger charge is -2.16. The Morgan fingerprint density at radius 2 is 1.80 bits per heavy atom. The van der Waals surface area contributed by atoms with Gasteiger partial charge in [0.25, 0.3) is 5.69 Å². The number of rotatable bonds is 4. The molecule has 4 nitrogen and oxygen atoms in total. The minimum Gasteiger partial charge on any atom is -0.377 e. The van der Waals surface area contributed by atoms with E-state index in [4.69, 9.17) is 23.2 Å². The van der Waals surface area contributed by atoms with Gasteiger partial charge in [-0.05, 0) is 30.7 Å². The smallest absolute Gasteiger partial charge is 0.271 e. The van der Waals surface area contributed by atoms with Crippen molar-refractivity contribution < 1.29 is 4.92 Å². The van der Waals surface area contributed by atoms with Crippen LogP contribution in [0, 0.1) is 10.1 Å². The van der Waals surface area contributed by atoms with Gasteiger partial charge < -0.3 is 5.32 Å². The Labute approximate surface area is 126 Å². The molecule has 0 saturated carbocycles. The van der Waals surface area contributed by atoms with Crippen molar-refractivity contribution in [3.05, 3.63) is 68.2 Å². The fraction of sp³-hybridized carbons (Fsp3) is 0.143. The number of anilines is 1. The number of hydrogen-bond acceptors (Lipinski definition) is 3. The number of halogens is 2. The summed E-state index contributed by atoms with van der Waals surface area (Å²) >= 11 is 11.9. The zero-order chi connectivity index (χ0) is 14.7. The molecule has 1 N–H and O–H groups in total. The Kier molecular flexibility index (Phi) is 4.47. The van der Waals surface area contributed by atoms with Crippen molar-refractivity contribution in [3.8, 4) is 0 Å². The molecule has 0 aliphatic rings. The predicted molar refractivity (Wildman–Crippen MR) is 81.6 cm³/mol. The van der Waals surface area contributed by atoms with Crippen LogP contribution in [0.1, 0.15) is 18.5 Å². The van der Waals surface area contributed by atoms with E-state index in [1.807, 2.05) is 19.1 Å². The maximum absolute atomic E-state index is 10.8. The molecule has 0 amide bonds. The van der Waals surface area contributed by atoms with Crippen molar-refractivity contribution in [2.45, 2.75) is 13.0 Å². The number of nitrogens with one attached hydrogen (secondary N) is 1. The third kappa shape index (κ3) is 3.40. The van der Waals surface area contributed by atoms with Crippen LogP contribution in [0.3, 0.4) is 0 Å². The van der Waals surface area contributed by atoms with Crippen LogP contribution in [0.25, 0.3) is 0 Å². The van der Waals surface area contributed by atoms with Gasteiger partial charge in [-0.15, -0.1) is 0 Å². The fourth-order valence-corrected chi connectivity index (χ4v) is 2.10. The Morgan fingerprint density at radius 1 is 1.15 bits per heavy atom. The molecule has 0 saturated heterocycles. The van der Waals surface area contributed by atoms with Gasteiger partial charge in [0, 0.05) is 23.2 Å². The Hall–Kier alpha value is -1.78. The van der Waals surface area contributed by atoms with Gasteiger partial charge in [-0.25, -0.2) is 0 Å². The molecule has 20 heavy (non-hydrogen) atoms. The molecule has 0 aromatic heterocycles.